The molecule has 1 aromatic heterocycles. The third-order valence-electron chi connectivity index (χ3n) is 3.47. The smallest absolute Gasteiger partial charge is 0.309 e. The van der Waals surface area contributed by atoms with Gasteiger partial charge in [0, 0.05) is 17.1 Å². The van der Waals surface area contributed by atoms with Crippen molar-refractivity contribution in [2.45, 2.75) is 20.3 Å². The van der Waals surface area contributed by atoms with Crippen molar-refractivity contribution >= 4 is 32.8 Å². The molecular weight excluding hydrogens is 322 g/mol. The number of aliphatic carboxylic acids is 1. The number of rotatable bonds is 3. The van der Waals surface area contributed by atoms with E-state index < -0.39 is 11.4 Å². The van der Waals surface area contributed by atoms with Crippen molar-refractivity contribution in [2.24, 2.45) is 12.5 Å². The molecule has 0 unspecified atom stereocenters. The van der Waals surface area contributed by atoms with E-state index in [4.69, 9.17) is 0 Å². The molecule has 0 fully saturated rings. The maximum absolute atomic E-state index is 12.3. The van der Waals surface area contributed by atoms with Gasteiger partial charge in [-0.2, -0.15) is 0 Å². The molecule has 0 saturated heterocycles. The zero-order chi connectivity index (χ0) is 15.1. The second-order valence-corrected chi connectivity index (χ2v) is 6.52. The van der Waals surface area contributed by atoms with E-state index in [0.29, 0.717) is 5.56 Å². The summed E-state index contributed by atoms with van der Waals surface area (Å²) >= 11 is 3.40. The fraction of sp³-hybridized carbons (Fsp3) is 0.333. The Labute approximate surface area is 125 Å². The Morgan fingerprint density at radius 1 is 1.35 bits per heavy atom. The van der Waals surface area contributed by atoms with Crippen LogP contribution >= 0.6 is 15.9 Å². The van der Waals surface area contributed by atoms with Crippen LogP contribution in [0.25, 0.3) is 10.9 Å². The molecule has 20 heavy (non-hydrogen) atoms. The Bertz CT molecular complexity index is 747. The van der Waals surface area contributed by atoms with E-state index in [-0.39, 0.29) is 12.0 Å². The van der Waals surface area contributed by atoms with Crippen molar-refractivity contribution in [1.29, 1.82) is 0 Å². The number of halogens is 1. The van der Waals surface area contributed by atoms with Crippen molar-refractivity contribution in [3.63, 3.8) is 0 Å². The van der Waals surface area contributed by atoms with E-state index >= 15 is 0 Å². The lowest BCUT2D eigenvalue weighted by atomic mass is 9.86. The maximum atomic E-state index is 12.3. The quantitative estimate of drug-likeness (QED) is 0.936. The van der Waals surface area contributed by atoms with Crippen molar-refractivity contribution in [2.75, 3.05) is 0 Å². The van der Waals surface area contributed by atoms with Crippen LogP contribution in [0.15, 0.2) is 33.5 Å². The molecule has 4 nitrogen and oxygen atoms in total. The number of hydrogen-bond donors (Lipinski definition) is 1. The van der Waals surface area contributed by atoms with Crippen LogP contribution < -0.4 is 5.56 Å². The minimum absolute atomic E-state index is 0.144. The molecule has 1 heterocycles. The molecule has 5 heteroatoms. The van der Waals surface area contributed by atoms with Gasteiger partial charge < -0.3 is 9.67 Å². The molecule has 0 aliphatic rings. The molecule has 0 atom stereocenters. The summed E-state index contributed by atoms with van der Waals surface area (Å²) in [5.74, 6) is -0.908. The summed E-state index contributed by atoms with van der Waals surface area (Å²) in [7, 11) is 1.70. The second-order valence-electron chi connectivity index (χ2n) is 5.60. The maximum Gasteiger partial charge on any atom is 0.309 e. The van der Waals surface area contributed by atoms with Crippen molar-refractivity contribution < 1.29 is 9.90 Å². The Morgan fingerprint density at radius 2 is 2.00 bits per heavy atom. The van der Waals surface area contributed by atoms with E-state index in [1.165, 1.54) is 0 Å². The van der Waals surface area contributed by atoms with Crippen LogP contribution in [0, 0.1) is 5.41 Å². The molecule has 0 spiro atoms. The first-order chi connectivity index (χ1) is 9.22. The largest absolute Gasteiger partial charge is 0.481 e. The SMILES string of the molecule is Cn1c(=O)c(CC(C)(C)C(=O)O)cc2cc(Br)ccc21. The van der Waals surface area contributed by atoms with Crippen molar-refractivity contribution in [3.05, 3.63) is 44.7 Å². The van der Waals surface area contributed by atoms with Gasteiger partial charge in [0.15, 0.2) is 0 Å². The van der Waals surface area contributed by atoms with Gasteiger partial charge in [0.05, 0.1) is 10.9 Å². The van der Waals surface area contributed by atoms with E-state index in [9.17, 15) is 14.7 Å². The van der Waals surface area contributed by atoms with Crippen LogP contribution in [-0.4, -0.2) is 15.6 Å². The zero-order valence-corrected chi connectivity index (χ0v) is 13.2. The Kier molecular flexibility index (Phi) is 3.73. The number of fused-ring (bicyclic) bond motifs is 1. The van der Waals surface area contributed by atoms with Gasteiger partial charge in [-0.3, -0.25) is 9.59 Å². The Morgan fingerprint density at radius 3 is 2.60 bits per heavy atom. The van der Waals surface area contributed by atoms with Gasteiger partial charge in [-0.15, -0.1) is 0 Å². The standard InChI is InChI=1S/C15H16BrNO3/c1-15(2,14(19)20)8-10-6-9-7-11(16)4-5-12(9)17(3)13(10)18/h4-7H,8H2,1-3H3,(H,19,20). The topological polar surface area (TPSA) is 59.3 Å². The number of aryl methyl sites for hydroxylation is 1. The number of carboxylic acids is 1. The average Bonchev–Trinajstić information content (AvgIpc) is 2.34. The predicted octanol–water partition coefficient (Wildman–Crippen LogP) is 2.95. The fourth-order valence-corrected chi connectivity index (χ4v) is 2.58. The summed E-state index contributed by atoms with van der Waals surface area (Å²) in [6, 6.07) is 7.45. The van der Waals surface area contributed by atoms with E-state index in [2.05, 4.69) is 15.9 Å². The first-order valence-corrected chi connectivity index (χ1v) is 7.03. The molecule has 0 aliphatic carbocycles. The van der Waals surface area contributed by atoms with Gasteiger partial charge in [-0.05, 0) is 49.9 Å². The number of nitrogens with zero attached hydrogens (tertiary/aromatic N) is 1. The van der Waals surface area contributed by atoms with Gasteiger partial charge in [0.2, 0.25) is 0 Å². The lowest BCUT2D eigenvalue weighted by Crippen LogP contribution is -2.31. The molecule has 1 aromatic carbocycles. The summed E-state index contributed by atoms with van der Waals surface area (Å²) in [6.07, 6.45) is 0.206. The lowest BCUT2D eigenvalue weighted by Gasteiger charge is -2.19. The Hall–Kier alpha value is -1.62. The fourth-order valence-electron chi connectivity index (χ4n) is 2.20. The molecule has 2 aromatic rings. The van der Waals surface area contributed by atoms with E-state index in [1.807, 2.05) is 18.2 Å². The number of pyridine rings is 1. The van der Waals surface area contributed by atoms with Gasteiger partial charge in [-0.25, -0.2) is 0 Å². The van der Waals surface area contributed by atoms with Crippen LogP contribution in [0.5, 0.6) is 0 Å². The normalized spacial score (nSPS) is 11.8. The number of hydrogen-bond acceptors (Lipinski definition) is 2. The highest BCUT2D eigenvalue weighted by molar-refractivity contribution is 9.10. The summed E-state index contributed by atoms with van der Waals surface area (Å²) in [5.41, 5.74) is 0.237. The zero-order valence-electron chi connectivity index (χ0n) is 11.6. The highest BCUT2D eigenvalue weighted by atomic mass is 79.9. The third kappa shape index (κ3) is 2.63. The monoisotopic (exact) mass is 337 g/mol. The number of benzene rings is 1. The summed E-state index contributed by atoms with van der Waals surface area (Å²) in [4.78, 5) is 23.5. The summed E-state index contributed by atoms with van der Waals surface area (Å²) in [5, 5.41) is 10.1. The van der Waals surface area contributed by atoms with Crippen LogP contribution in [0.1, 0.15) is 19.4 Å². The Balaban J connectivity index is 2.63. The molecular formula is C15H16BrNO3. The molecule has 0 amide bonds. The predicted molar refractivity (Wildman–Crippen MR) is 82.0 cm³/mol. The molecule has 106 valence electrons. The molecule has 2 rings (SSSR count). The van der Waals surface area contributed by atoms with Crippen LogP contribution in [-0.2, 0) is 18.3 Å². The number of aromatic nitrogens is 1. The highest BCUT2D eigenvalue weighted by Gasteiger charge is 2.28. The van der Waals surface area contributed by atoms with Gasteiger partial charge in [-0.1, -0.05) is 15.9 Å². The van der Waals surface area contributed by atoms with Crippen LogP contribution in [0.2, 0.25) is 0 Å². The van der Waals surface area contributed by atoms with Crippen molar-refractivity contribution in [3.8, 4) is 0 Å². The lowest BCUT2D eigenvalue weighted by molar-refractivity contribution is -0.146. The molecule has 0 bridgehead atoms. The van der Waals surface area contributed by atoms with Crippen LogP contribution in [0.3, 0.4) is 0 Å². The number of carboxylic acid groups (broad SMARTS) is 1. The first-order valence-electron chi connectivity index (χ1n) is 6.24. The van der Waals surface area contributed by atoms with Crippen molar-refractivity contribution in [1.82, 2.24) is 4.57 Å². The third-order valence-corrected chi connectivity index (χ3v) is 3.96. The number of carbonyl (C=O) groups is 1. The molecule has 0 aliphatic heterocycles. The van der Waals surface area contributed by atoms with E-state index in [0.717, 1.165) is 15.4 Å². The second kappa shape index (κ2) is 5.05. The van der Waals surface area contributed by atoms with Gasteiger partial charge in [0.1, 0.15) is 0 Å². The summed E-state index contributed by atoms with van der Waals surface area (Å²) < 4.78 is 2.49. The summed E-state index contributed by atoms with van der Waals surface area (Å²) in [6.45, 7) is 3.25. The van der Waals surface area contributed by atoms with Gasteiger partial charge in [0.25, 0.3) is 5.56 Å². The minimum atomic E-state index is -0.966. The molecule has 0 saturated carbocycles. The first kappa shape index (κ1) is 14.8. The molecule has 0 radical (unpaired) electrons. The van der Waals surface area contributed by atoms with E-state index in [1.54, 1.807) is 31.5 Å². The molecule has 1 N–H and O–H groups in total. The highest BCUT2D eigenvalue weighted by Crippen LogP contribution is 2.24. The minimum Gasteiger partial charge on any atom is -0.481 e. The van der Waals surface area contributed by atoms with Crippen LogP contribution in [0.4, 0.5) is 0 Å². The van der Waals surface area contributed by atoms with Gasteiger partial charge >= 0.3 is 5.97 Å². The average molecular weight is 338 g/mol.